The highest BCUT2D eigenvalue weighted by atomic mass is 14.4. The fourth-order valence-corrected chi connectivity index (χ4v) is 11.2. The summed E-state index contributed by atoms with van der Waals surface area (Å²) in [5.41, 5.74) is 26.0. The van der Waals surface area contributed by atoms with Gasteiger partial charge in [0.2, 0.25) is 0 Å². The standard InChI is InChI=1S/C70H66/c1-67(2,3)51-33-49(34-52(41-51)68(4,5)6)63-61(45-29-21-15-22-30-45)59(43-25-17-13-18-26-43)57-39-47-38-56-48(37-55(47)65(57)63)40-58-60(44-27-19-14-20-28-44)62(46-31-23-16-24-32-46)64(66(56)58)50-35-53(69(7,8)9)42-54(36-50)70(10,11)12/h13-42H,1-12H3. The molecule has 0 amide bonds. The molecule has 0 heteroatoms. The minimum absolute atomic E-state index is 0.0379. The normalized spacial score (nSPS) is 12.9. The Kier molecular flexibility index (Phi) is 10.6. The van der Waals surface area contributed by atoms with Crippen LogP contribution in [0.1, 0.15) is 105 Å². The lowest BCUT2D eigenvalue weighted by Crippen LogP contribution is -2.16. The molecule has 0 saturated heterocycles. The lowest BCUT2D eigenvalue weighted by molar-refractivity contribution is 0.568. The van der Waals surface area contributed by atoms with Crippen molar-refractivity contribution in [2.24, 2.45) is 0 Å². The first kappa shape index (κ1) is 45.4. The SMILES string of the molecule is CC(C)(C)c1cc(-c2c(-c3ccccc3)c(-c3ccccc3)c3cc4cc5c6c(-c7cc(C(C)(C)C)cc(C(C)(C)C)c7)c(-c7ccccc7)c(-c7ccccc7)c-6cc5cc4c2-3)cc(C(C)(C)C)c1. The molecule has 0 unspecified atom stereocenters. The van der Waals surface area contributed by atoms with Gasteiger partial charge in [0.05, 0.1) is 0 Å². The second-order valence-corrected chi connectivity index (χ2v) is 24.2. The van der Waals surface area contributed by atoms with Gasteiger partial charge in [-0.2, -0.15) is 0 Å². The Morgan fingerprint density at radius 1 is 0.214 bits per heavy atom. The van der Waals surface area contributed by atoms with Crippen LogP contribution in [0.2, 0.25) is 0 Å². The van der Waals surface area contributed by atoms with Gasteiger partial charge in [0.15, 0.2) is 0 Å². The molecule has 0 radical (unpaired) electrons. The Labute approximate surface area is 417 Å². The van der Waals surface area contributed by atoms with Crippen LogP contribution >= 0.6 is 0 Å². The number of hydrogen-bond acceptors (Lipinski definition) is 0. The van der Waals surface area contributed by atoms with E-state index in [0.29, 0.717) is 0 Å². The van der Waals surface area contributed by atoms with E-state index in [2.05, 4.69) is 265 Å². The number of hydrogen-bond donors (Lipinski definition) is 0. The highest BCUT2D eigenvalue weighted by Gasteiger charge is 2.35. The van der Waals surface area contributed by atoms with E-state index in [9.17, 15) is 0 Å². The van der Waals surface area contributed by atoms with Crippen LogP contribution in [0.3, 0.4) is 0 Å². The second kappa shape index (κ2) is 16.3. The van der Waals surface area contributed by atoms with E-state index < -0.39 is 0 Å². The number of fused-ring (bicyclic) bond motifs is 6. The first-order chi connectivity index (χ1) is 33.3. The molecule has 0 N–H and O–H groups in total. The molecule has 0 aromatic heterocycles. The smallest absolute Gasteiger partial charge is 0.00134 e. The molecule has 0 fully saturated rings. The monoisotopic (exact) mass is 907 g/mol. The van der Waals surface area contributed by atoms with Gasteiger partial charge in [-0.1, -0.05) is 241 Å². The quantitative estimate of drug-likeness (QED) is 0.156. The molecule has 0 atom stereocenters. The van der Waals surface area contributed by atoms with Crippen LogP contribution in [-0.2, 0) is 21.7 Å². The Bertz CT molecular complexity index is 3310. The van der Waals surface area contributed by atoms with Gasteiger partial charge in [-0.25, -0.2) is 0 Å². The zero-order valence-electron chi connectivity index (χ0n) is 43.3. The fraction of sp³-hybridized carbons (Fsp3) is 0.229. The maximum absolute atomic E-state index is 2.55. The molecule has 0 spiro atoms. The summed E-state index contributed by atoms with van der Waals surface area (Å²) in [5.74, 6) is 0. The van der Waals surface area contributed by atoms with E-state index in [0.717, 1.165) is 0 Å². The summed E-state index contributed by atoms with van der Waals surface area (Å²) in [6.07, 6.45) is 0. The van der Waals surface area contributed by atoms with Crippen molar-refractivity contribution in [2.75, 3.05) is 0 Å². The van der Waals surface area contributed by atoms with Crippen molar-refractivity contribution in [2.45, 2.75) is 105 Å². The molecule has 4 aliphatic carbocycles. The summed E-state index contributed by atoms with van der Waals surface area (Å²) in [6, 6.07) is 69.6. The van der Waals surface area contributed by atoms with Crippen molar-refractivity contribution >= 4 is 21.5 Å². The summed E-state index contributed by atoms with van der Waals surface area (Å²) in [5, 5.41) is 5.16. The Balaban J connectivity index is 1.32. The van der Waals surface area contributed by atoms with Crippen molar-refractivity contribution in [1.82, 2.24) is 0 Å². The summed E-state index contributed by atoms with van der Waals surface area (Å²) < 4.78 is 0. The van der Waals surface area contributed by atoms with E-state index in [4.69, 9.17) is 0 Å². The largest absolute Gasteiger partial charge is 0.0622 e. The van der Waals surface area contributed by atoms with Gasteiger partial charge in [0, 0.05) is 0 Å². The van der Waals surface area contributed by atoms with Crippen LogP contribution in [0.15, 0.2) is 182 Å². The first-order valence-electron chi connectivity index (χ1n) is 25.4. The molecule has 0 nitrogen and oxygen atoms in total. The van der Waals surface area contributed by atoms with Crippen molar-refractivity contribution in [3.8, 4) is 89.0 Å². The van der Waals surface area contributed by atoms with Gasteiger partial charge in [0.25, 0.3) is 0 Å². The summed E-state index contributed by atoms with van der Waals surface area (Å²) in [6.45, 7) is 28.2. The number of benzene rings is 7. The molecular formula is C70H66. The van der Waals surface area contributed by atoms with Crippen molar-refractivity contribution in [1.29, 1.82) is 0 Å². The molecule has 346 valence electrons. The molecule has 7 aromatic rings. The van der Waals surface area contributed by atoms with Gasteiger partial charge < -0.3 is 0 Å². The Morgan fingerprint density at radius 2 is 0.457 bits per heavy atom. The summed E-state index contributed by atoms with van der Waals surface area (Å²) in [4.78, 5) is 0. The predicted octanol–water partition coefficient (Wildman–Crippen LogP) is 20.3. The molecular weight excluding hydrogens is 841 g/mol. The van der Waals surface area contributed by atoms with Crippen LogP contribution < -0.4 is 0 Å². The minimum Gasteiger partial charge on any atom is -0.0622 e. The molecule has 0 aliphatic heterocycles. The zero-order chi connectivity index (χ0) is 49.1. The van der Waals surface area contributed by atoms with Crippen LogP contribution in [0.5, 0.6) is 0 Å². The molecule has 7 aromatic carbocycles. The third-order valence-electron chi connectivity index (χ3n) is 15.1. The average Bonchev–Trinajstić information content (AvgIpc) is 4.06. The Hall–Kier alpha value is -7.02. The maximum atomic E-state index is 2.55. The molecule has 0 heterocycles. The van der Waals surface area contributed by atoms with E-state index in [-0.39, 0.29) is 21.7 Å². The fourth-order valence-electron chi connectivity index (χ4n) is 11.2. The minimum atomic E-state index is -0.0379. The molecule has 70 heavy (non-hydrogen) atoms. The van der Waals surface area contributed by atoms with Crippen molar-refractivity contribution in [3.05, 3.63) is 204 Å². The van der Waals surface area contributed by atoms with E-state index in [1.807, 2.05) is 0 Å². The van der Waals surface area contributed by atoms with E-state index in [1.54, 1.807) is 0 Å². The average molecular weight is 907 g/mol. The number of rotatable bonds is 6. The van der Waals surface area contributed by atoms with Gasteiger partial charge in [0.1, 0.15) is 0 Å². The first-order valence-corrected chi connectivity index (χ1v) is 25.4. The lowest BCUT2D eigenvalue weighted by atomic mass is 9.78. The van der Waals surface area contributed by atoms with Crippen LogP contribution in [0.25, 0.3) is 111 Å². The van der Waals surface area contributed by atoms with Gasteiger partial charge in [-0.3, -0.25) is 0 Å². The summed E-state index contributed by atoms with van der Waals surface area (Å²) >= 11 is 0. The highest BCUT2D eigenvalue weighted by molar-refractivity contribution is 6.26. The van der Waals surface area contributed by atoms with Gasteiger partial charge in [-0.15, -0.1) is 0 Å². The lowest BCUT2D eigenvalue weighted by Gasteiger charge is -2.27. The van der Waals surface area contributed by atoms with Crippen molar-refractivity contribution in [3.63, 3.8) is 0 Å². The topological polar surface area (TPSA) is 0 Å². The van der Waals surface area contributed by atoms with Gasteiger partial charge in [-0.05, 0) is 179 Å². The third kappa shape index (κ3) is 7.68. The summed E-state index contributed by atoms with van der Waals surface area (Å²) in [7, 11) is 0. The molecule has 4 aliphatic rings. The van der Waals surface area contributed by atoms with Crippen LogP contribution in [0, 0.1) is 0 Å². The highest BCUT2D eigenvalue weighted by Crippen LogP contribution is 2.60. The maximum Gasteiger partial charge on any atom is -0.00134 e. The van der Waals surface area contributed by atoms with E-state index in [1.165, 1.54) is 133 Å². The van der Waals surface area contributed by atoms with Crippen LogP contribution in [-0.4, -0.2) is 0 Å². The zero-order valence-corrected chi connectivity index (χ0v) is 43.3. The second-order valence-electron chi connectivity index (χ2n) is 24.2. The van der Waals surface area contributed by atoms with Crippen LogP contribution in [0.4, 0.5) is 0 Å². The van der Waals surface area contributed by atoms with Crippen molar-refractivity contribution < 1.29 is 0 Å². The molecule has 0 saturated carbocycles. The third-order valence-corrected chi connectivity index (χ3v) is 15.1. The predicted molar refractivity (Wildman–Crippen MR) is 304 cm³/mol. The van der Waals surface area contributed by atoms with E-state index >= 15 is 0 Å². The van der Waals surface area contributed by atoms with Gasteiger partial charge >= 0.3 is 0 Å². The molecule has 0 bridgehead atoms. The molecule has 11 rings (SSSR count). The Morgan fingerprint density at radius 3 is 0.714 bits per heavy atom.